The molecule has 1 rings (SSSR count). The van der Waals surface area contributed by atoms with Crippen molar-refractivity contribution in [1.29, 1.82) is 0 Å². The molecule has 1 unspecified atom stereocenters. The highest BCUT2D eigenvalue weighted by Crippen LogP contribution is 2.05. The van der Waals surface area contributed by atoms with Gasteiger partial charge in [-0.05, 0) is 25.3 Å². The highest BCUT2D eigenvalue weighted by molar-refractivity contribution is 5.10. The van der Waals surface area contributed by atoms with E-state index < -0.39 is 0 Å². The van der Waals surface area contributed by atoms with Gasteiger partial charge in [-0.1, -0.05) is 39.5 Å². The van der Waals surface area contributed by atoms with Crippen molar-refractivity contribution in [2.24, 2.45) is 0 Å². The number of allylic oxidation sites excluding steroid dienone is 3. The van der Waals surface area contributed by atoms with Crippen LogP contribution in [0.2, 0.25) is 0 Å². The first-order chi connectivity index (χ1) is 7.88. The molecule has 0 saturated carbocycles. The Labute approximate surface area is 106 Å². The van der Waals surface area contributed by atoms with Gasteiger partial charge in [0.1, 0.15) is 5.70 Å². The molecule has 0 saturated heterocycles. The molecular weight excluding hydrogens is 213 g/mol. The zero-order chi connectivity index (χ0) is 11.6. The molecule has 1 aliphatic heterocycles. The maximum Gasteiger partial charge on any atom is 0.112 e. The van der Waals surface area contributed by atoms with Crippen LogP contribution in [0.25, 0.3) is 0 Å². The van der Waals surface area contributed by atoms with E-state index in [9.17, 15) is 0 Å². The van der Waals surface area contributed by atoms with Gasteiger partial charge in [-0.15, -0.1) is 0 Å². The first-order valence-electron chi connectivity index (χ1n) is 7.12. The molecule has 0 spiro atoms. The summed E-state index contributed by atoms with van der Waals surface area (Å²) in [6, 6.07) is 0. The van der Waals surface area contributed by atoms with Crippen molar-refractivity contribution in [3.63, 3.8) is 0 Å². The Morgan fingerprint density at radius 3 is 2.35 bits per heavy atom. The lowest BCUT2D eigenvalue weighted by molar-refractivity contribution is -0.804. The molecule has 2 heteroatoms. The van der Waals surface area contributed by atoms with E-state index in [1.165, 1.54) is 57.9 Å². The quantitative estimate of drug-likeness (QED) is 0.559. The van der Waals surface area contributed by atoms with Crippen LogP contribution in [0.4, 0.5) is 0 Å². The lowest BCUT2D eigenvalue weighted by Gasteiger charge is -2.13. The van der Waals surface area contributed by atoms with Crippen LogP contribution >= 0.6 is 0 Å². The topological polar surface area (TPSA) is 4.44 Å². The molecule has 0 fully saturated rings. The molecule has 0 bridgehead atoms. The van der Waals surface area contributed by atoms with Crippen LogP contribution in [0.1, 0.15) is 65.2 Å². The van der Waals surface area contributed by atoms with E-state index in [2.05, 4.69) is 32.2 Å². The number of halogens is 1. The maximum atomic E-state index is 2.32. The Balaban J connectivity index is 0.00000256. The minimum absolute atomic E-state index is 0. The van der Waals surface area contributed by atoms with Crippen LogP contribution in [0.3, 0.4) is 0 Å². The molecule has 1 heterocycles. The third-order valence-corrected chi connectivity index (χ3v) is 3.33. The number of unbranched alkanes of at least 4 members (excludes halogenated alkanes) is 5. The second-order valence-corrected chi connectivity index (χ2v) is 4.84. The van der Waals surface area contributed by atoms with Crippen molar-refractivity contribution in [3.05, 3.63) is 24.0 Å². The monoisotopic (exact) mass is 241 g/mol. The Bertz CT molecular complexity index is 233. The van der Waals surface area contributed by atoms with Gasteiger partial charge in [0.15, 0.2) is 0 Å². The minimum Gasteiger partial charge on any atom is -1.00 e. The van der Waals surface area contributed by atoms with Gasteiger partial charge in [0.05, 0.1) is 12.7 Å². The summed E-state index contributed by atoms with van der Waals surface area (Å²) in [6.07, 6.45) is 17.8. The lowest BCUT2D eigenvalue weighted by Crippen LogP contribution is -3.04. The van der Waals surface area contributed by atoms with Crippen LogP contribution in [0, 0.1) is 0 Å². The number of hydrogen-bond donors (Lipinski definition) is 1. The predicted molar refractivity (Wildman–Crippen MR) is 71.3 cm³/mol. The Morgan fingerprint density at radius 1 is 0.941 bits per heavy atom. The fourth-order valence-electron chi connectivity index (χ4n) is 2.35. The minimum atomic E-state index is 0. The zero-order valence-electron chi connectivity index (χ0n) is 11.5. The summed E-state index contributed by atoms with van der Waals surface area (Å²) in [5.74, 6) is 0. The van der Waals surface area contributed by atoms with Gasteiger partial charge < -0.3 is 4.70 Å². The molecule has 0 radical (unpaired) electrons. The van der Waals surface area contributed by atoms with Crippen LogP contribution in [0.5, 0.6) is 0 Å². The van der Waals surface area contributed by atoms with E-state index in [-0.39, 0.29) is 4.70 Å². The highest BCUT2D eigenvalue weighted by Gasteiger charge is 2.14. The summed E-state index contributed by atoms with van der Waals surface area (Å²) >= 11 is 0. The third kappa shape index (κ3) is 6.62. The lowest BCUT2D eigenvalue weighted by atomic mass is 10.1. The van der Waals surface area contributed by atoms with E-state index in [0.29, 0.717) is 0 Å². The Hall–Kier alpha value is -0.630. The van der Waals surface area contributed by atoms with Crippen LogP contribution in [-0.2, 0) is 0 Å². The molecule has 1 atom stereocenters. The number of quaternary nitrogens is 1. The van der Waals surface area contributed by atoms with Crippen LogP contribution in [-0.4, -0.2) is 6.54 Å². The molecule has 1 N–H and O–H groups in total. The average molecular weight is 241 g/mol. The fourth-order valence-corrected chi connectivity index (χ4v) is 2.35. The number of hydrogen-bond acceptors (Lipinski definition) is 0. The largest absolute Gasteiger partial charge is 1.00 e. The molecule has 0 aromatic rings. The van der Waals surface area contributed by atoms with Crippen LogP contribution in [0.15, 0.2) is 24.0 Å². The molecule has 0 aromatic heterocycles. The molecule has 1 aliphatic rings. The molecule has 17 heavy (non-hydrogen) atoms. The van der Waals surface area contributed by atoms with E-state index in [1.54, 1.807) is 10.6 Å². The first kappa shape index (κ1) is 16.4. The molecule has 0 aliphatic carbocycles. The average Bonchev–Trinajstić information content (AvgIpc) is 2.72. The second-order valence-electron chi connectivity index (χ2n) is 4.84. The highest BCUT2D eigenvalue weighted by atomic mass is 19.0. The Kier molecular flexibility index (Phi) is 10.1. The van der Waals surface area contributed by atoms with Gasteiger partial charge in [0, 0.05) is 12.5 Å². The number of rotatable bonds is 9. The van der Waals surface area contributed by atoms with Crippen molar-refractivity contribution >= 4 is 0 Å². The van der Waals surface area contributed by atoms with Crippen molar-refractivity contribution < 1.29 is 9.60 Å². The van der Waals surface area contributed by atoms with Crippen molar-refractivity contribution in [3.8, 4) is 0 Å². The fraction of sp³-hybridized carbons (Fsp3) is 0.733. The Morgan fingerprint density at radius 2 is 1.65 bits per heavy atom. The molecule has 0 aromatic carbocycles. The molecule has 1 nitrogen and oxygen atoms in total. The summed E-state index contributed by atoms with van der Waals surface area (Å²) in [4.78, 5) is 1.61. The van der Waals surface area contributed by atoms with Crippen LogP contribution < -0.4 is 9.60 Å². The summed E-state index contributed by atoms with van der Waals surface area (Å²) in [5, 5.41) is 0. The normalized spacial score (nSPS) is 18.0. The summed E-state index contributed by atoms with van der Waals surface area (Å²) in [6.45, 7) is 5.84. The van der Waals surface area contributed by atoms with Crippen molar-refractivity contribution in [1.82, 2.24) is 0 Å². The second kappa shape index (κ2) is 10.5. The standard InChI is InChI=1S/C15H27N.FH/c1-3-5-6-7-8-9-13-16-14-10-12-15(16)11-4-2;/h10,12,14H,3-9,11,13H2,1-2H3;1H. The van der Waals surface area contributed by atoms with E-state index in [1.807, 2.05) is 0 Å². The van der Waals surface area contributed by atoms with Gasteiger partial charge in [-0.2, -0.15) is 0 Å². The molecule has 0 amide bonds. The zero-order valence-corrected chi connectivity index (χ0v) is 11.5. The smallest absolute Gasteiger partial charge is 0.112 e. The first-order valence-corrected chi connectivity index (χ1v) is 7.12. The summed E-state index contributed by atoms with van der Waals surface area (Å²) in [7, 11) is 0. The van der Waals surface area contributed by atoms with E-state index in [4.69, 9.17) is 0 Å². The van der Waals surface area contributed by atoms with Crippen molar-refractivity contribution in [2.45, 2.75) is 65.2 Å². The molecule has 100 valence electrons. The maximum absolute atomic E-state index is 2.32. The summed E-state index contributed by atoms with van der Waals surface area (Å²) in [5.41, 5.74) is 1.59. The van der Waals surface area contributed by atoms with E-state index in [0.717, 1.165) is 0 Å². The third-order valence-electron chi connectivity index (χ3n) is 3.33. The predicted octanol–water partition coefficient (Wildman–Crippen LogP) is 0.447. The molecular formula is C15H28FN. The van der Waals surface area contributed by atoms with Gasteiger partial charge in [-0.25, -0.2) is 0 Å². The van der Waals surface area contributed by atoms with Gasteiger partial charge in [0.2, 0.25) is 0 Å². The van der Waals surface area contributed by atoms with Crippen molar-refractivity contribution in [2.75, 3.05) is 6.54 Å². The SMILES string of the molecule is CCCCCCCC[NH+]1C=CC=C1CCC.[F-]. The number of nitrogens with one attached hydrogen (secondary N) is 1. The van der Waals surface area contributed by atoms with E-state index >= 15 is 0 Å². The van der Waals surface area contributed by atoms with Gasteiger partial charge in [-0.3, -0.25) is 4.90 Å². The van der Waals surface area contributed by atoms with Gasteiger partial charge in [0.25, 0.3) is 0 Å². The summed E-state index contributed by atoms with van der Waals surface area (Å²) < 4.78 is 0. The van der Waals surface area contributed by atoms with Gasteiger partial charge >= 0.3 is 0 Å².